The Morgan fingerprint density at radius 1 is 1.08 bits per heavy atom. The number of likely N-dealkylation sites (tertiary alicyclic amines) is 1. The minimum absolute atomic E-state index is 0.00319. The van der Waals surface area contributed by atoms with Gasteiger partial charge >= 0.3 is 0 Å². The molecule has 2 atom stereocenters. The minimum atomic E-state index is -0.153. The summed E-state index contributed by atoms with van der Waals surface area (Å²) in [5.74, 6) is 1.65. The van der Waals surface area contributed by atoms with E-state index >= 15 is 0 Å². The van der Waals surface area contributed by atoms with Crippen molar-refractivity contribution in [2.75, 3.05) is 30.8 Å². The fraction of sp³-hybridized carbons (Fsp3) is 0.310. The van der Waals surface area contributed by atoms with Crippen molar-refractivity contribution in [1.82, 2.24) is 29.6 Å². The average molecular weight is 523 g/mol. The highest BCUT2D eigenvalue weighted by molar-refractivity contribution is 6.06. The summed E-state index contributed by atoms with van der Waals surface area (Å²) in [6.45, 7) is 7.08. The molecule has 1 aliphatic carbocycles. The van der Waals surface area contributed by atoms with Crippen LogP contribution < -0.4 is 10.6 Å². The quantitative estimate of drug-likeness (QED) is 0.397. The molecular weight excluding hydrogens is 492 g/mol. The number of fused-ring (bicyclic) bond motifs is 2. The molecule has 0 spiro atoms. The van der Waals surface area contributed by atoms with Crippen molar-refractivity contribution in [3.05, 3.63) is 72.7 Å². The number of aromatic nitrogens is 5. The molecule has 1 aromatic carbocycles. The summed E-state index contributed by atoms with van der Waals surface area (Å²) in [4.78, 5) is 41.7. The number of aryl methyl sites for hydroxylation is 1. The van der Waals surface area contributed by atoms with E-state index in [0.717, 1.165) is 37.1 Å². The third-order valence-electron chi connectivity index (χ3n) is 8.03. The van der Waals surface area contributed by atoms with E-state index in [1.165, 1.54) is 12.4 Å². The number of hydrogen-bond donors (Lipinski definition) is 1. The Labute approximate surface area is 226 Å². The van der Waals surface area contributed by atoms with Crippen LogP contribution >= 0.6 is 0 Å². The summed E-state index contributed by atoms with van der Waals surface area (Å²) in [7, 11) is 1.72. The van der Waals surface area contributed by atoms with E-state index in [1.807, 2.05) is 40.8 Å². The molecule has 0 bridgehead atoms. The third-order valence-corrected chi connectivity index (χ3v) is 8.03. The van der Waals surface area contributed by atoms with Crippen LogP contribution in [0.1, 0.15) is 34.8 Å². The largest absolute Gasteiger partial charge is 0.383 e. The molecule has 10 heteroatoms. The van der Waals surface area contributed by atoms with E-state index in [2.05, 4.69) is 21.5 Å². The molecule has 4 aromatic rings. The standard InChI is InChI=1S/C29H30N8O2/c1-4-24(38)36-14-20-12-22(13-21(20)15-36)37-28-25(27(30)32-16-33-28)26(34-37)18-5-7-19(8-6-18)29(39)35(3)23-11-17(2)9-10-31-23/h4-11,16,20-22H,1,12-15H2,2-3H3,(H2,30,32,33). The molecule has 2 amide bonds. The Hall–Kier alpha value is -4.60. The lowest BCUT2D eigenvalue weighted by molar-refractivity contribution is -0.125. The van der Waals surface area contributed by atoms with E-state index < -0.39 is 0 Å². The summed E-state index contributed by atoms with van der Waals surface area (Å²) in [6, 6.07) is 11.3. The Kier molecular flexibility index (Phi) is 6.09. The zero-order valence-electron chi connectivity index (χ0n) is 22.0. The van der Waals surface area contributed by atoms with Gasteiger partial charge in [0, 0.05) is 37.5 Å². The highest BCUT2D eigenvalue weighted by Crippen LogP contribution is 2.45. The molecule has 3 aromatic heterocycles. The molecule has 1 saturated carbocycles. The number of rotatable bonds is 5. The summed E-state index contributed by atoms with van der Waals surface area (Å²) < 4.78 is 1.98. The average Bonchev–Trinajstić information content (AvgIpc) is 3.64. The molecule has 2 unspecified atom stereocenters. The number of hydrogen-bond acceptors (Lipinski definition) is 7. The number of nitrogens with two attached hydrogens (primary N) is 1. The summed E-state index contributed by atoms with van der Waals surface area (Å²) >= 11 is 0. The molecule has 10 nitrogen and oxygen atoms in total. The number of benzene rings is 1. The molecule has 1 aliphatic heterocycles. The lowest BCUT2D eigenvalue weighted by Crippen LogP contribution is -2.28. The first-order valence-electron chi connectivity index (χ1n) is 13.0. The van der Waals surface area contributed by atoms with Crippen molar-refractivity contribution in [2.24, 2.45) is 11.8 Å². The minimum Gasteiger partial charge on any atom is -0.383 e. The van der Waals surface area contributed by atoms with Gasteiger partial charge in [-0.15, -0.1) is 0 Å². The second-order valence-electron chi connectivity index (χ2n) is 10.5. The van der Waals surface area contributed by atoms with Gasteiger partial charge in [0.15, 0.2) is 5.65 Å². The first-order valence-corrected chi connectivity index (χ1v) is 13.0. The van der Waals surface area contributed by atoms with Gasteiger partial charge < -0.3 is 10.6 Å². The molecule has 6 rings (SSSR count). The summed E-state index contributed by atoms with van der Waals surface area (Å²) in [6.07, 6.45) is 6.38. The number of nitrogen functional groups attached to an aromatic ring is 1. The van der Waals surface area contributed by atoms with E-state index in [9.17, 15) is 9.59 Å². The van der Waals surface area contributed by atoms with Gasteiger partial charge in [0.2, 0.25) is 5.91 Å². The van der Waals surface area contributed by atoms with Gasteiger partial charge in [-0.1, -0.05) is 18.7 Å². The lowest BCUT2D eigenvalue weighted by atomic mass is 10.0. The van der Waals surface area contributed by atoms with Crippen molar-refractivity contribution in [2.45, 2.75) is 25.8 Å². The zero-order chi connectivity index (χ0) is 27.3. The van der Waals surface area contributed by atoms with Crippen LogP contribution in [0.2, 0.25) is 0 Å². The number of carbonyl (C=O) groups excluding carboxylic acids is 2. The van der Waals surface area contributed by atoms with Crippen molar-refractivity contribution in [3.63, 3.8) is 0 Å². The predicted octanol–water partition coefficient (Wildman–Crippen LogP) is 3.65. The maximum absolute atomic E-state index is 13.1. The number of anilines is 2. The normalized spacial score (nSPS) is 20.3. The van der Waals surface area contributed by atoms with Crippen LogP contribution in [0.25, 0.3) is 22.3 Å². The van der Waals surface area contributed by atoms with E-state index in [-0.39, 0.29) is 17.9 Å². The highest BCUT2D eigenvalue weighted by atomic mass is 16.2. The number of pyridine rings is 1. The van der Waals surface area contributed by atoms with Crippen molar-refractivity contribution in [3.8, 4) is 11.3 Å². The Morgan fingerprint density at radius 2 is 1.79 bits per heavy atom. The first kappa shape index (κ1) is 24.7. The third kappa shape index (κ3) is 4.31. The van der Waals surface area contributed by atoms with Crippen LogP contribution in [0.15, 0.2) is 61.6 Å². The van der Waals surface area contributed by atoms with Crippen molar-refractivity contribution < 1.29 is 9.59 Å². The fourth-order valence-electron chi connectivity index (χ4n) is 6.00. The van der Waals surface area contributed by atoms with Gasteiger partial charge in [-0.05, 0) is 67.5 Å². The van der Waals surface area contributed by atoms with Gasteiger partial charge in [-0.3, -0.25) is 14.5 Å². The Balaban J connectivity index is 1.28. The van der Waals surface area contributed by atoms with E-state index in [0.29, 0.717) is 45.8 Å². The smallest absolute Gasteiger partial charge is 0.259 e. The molecule has 4 heterocycles. The maximum atomic E-state index is 13.1. The maximum Gasteiger partial charge on any atom is 0.259 e. The zero-order valence-corrected chi connectivity index (χ0v) is 22.0. The Bertz CT molecular complexity index is 1580. The lowest BCUT2D eigenvalue weighted by Gasteiger charge is -2.18. The molecule has 0 radical (unpaired) electrons. The fourth-order valence-corrected chi connectivity index (χ4v) is 6.00. The molecule has 39 heavy (non-hydrogen) atoms. The summed E-state index contributed by atoms with van der Waals surface area (Å²) in [5, 5.41) is 5.71. The molecule has 198 valence electrons. The van der Waals surface area contributed by atoms with Crippen LogP contribution in [0.5, 0.6) is 0 Å². The van der Waals surface area contributed by atoms with Crippen LogP contribution in [0.3, 0.4) is 0 Å². The van der Waals surface area contributed by atoms with Gasteiger partial charge in [-0.2, -0.15) is 5.10 Å². The second kappa shape index (κ2) is 9.61. The van der Waals surface area contributed by atoms with Crippen LogP contribution in [0, 0.1) is 18.8 Å². The highest BCUT2D eigenvalue weighted by Gasteiger charge is 2.43. The predicted molar refractivity (Wildman–Crippen MR) is 149 cm³/mol. The number of amides is 2. The van der Waals surface area contributed by atoms with Gasteiger partial charge in [0.1, 0.15) is 23.7 Å². The van der Waals surface area contributed by atoms with Gasteiger partial charge in [-0.25, -0.2) is 19.6 Å². The molecule has 2 aliphatic rings. The number of carbonyl (C=O) groups is 2. The number of nitrogens with zero attached hydrogens (tertiary/aromatic N) is 7. The van der Waals surface area contributed by atoms with E-state index in [4.69, 9.17) is 10.8 Å². The molecule has 1 saturated heterocycles. The van der Waals surface area contributed by atoms with Crippen LogP contribution in [-0.2, 0) is 4.79 Å². The van der Waals surface area contributed by atoms with Crippen LogP contribution in [0.4, 0.5) is 11.6 Å². The van der Waals surface area contributed by atoms with Crippen molar-refractivity contribution >= 4 is 34.5 Å². The molecule has 2 N–H and O–H groups in total. The van der Waals surface area contributed by atoms with Gasteiger partial charge in [0.25, 0.3) is 5.91 Å². The van der Waals surface area contributed by atoms with Gasteiger partial charge in [0.05, 0.1) is 11.4 Å². The molecular formula is C29H30N8O2. The monoisotopic (exact) mass is 522 g/mol. The Morgan fingerprint density at radius 3 is 2.46 bits per heavy atom. The van der Waals surface area contributed by atoms with Crippen LogP contribution in [-0.4, -0.2) is 61.6 Å². The SMILES string of the molecule is C=CC(=O)N1CC2CC(n3nc(-c4ccc(C(=O)N(C)c5cc(C)ccn5)cc4)c4c(N)ncnc43)CC2C1. The topological polar surface area (TPSA) is 123 Å². The second-order valence-corrected chi connectivity index (χ2v) is 10.5. The summed E-state index contributed by atoms with van der Waals surface area (Å²) in [5.41, 5.74) is 10.1. The first-order chi connectivity index (χ1) is 18.8. The van der Waals surface area contributed by atoms with E-state index in [1.54, 1.807) is 30.3 Å². The van der Waals surface area contributed by atoms with Crippen molar-refractivity contribution in [1.29, 1.82) is 0 Å². The molecule has 2 fully saturated rings.